The number of amides is 2. The molecule has 1 unspecified atom stereocenters. The number of nitrogens with zero attached hydrogens (tertiary/aromatic N) is 1. The molecule has 0 spiro atoms. The second kappa shape index (κ2) is 10.0. The van der Waals surface area contributed by atoms with Crippen LogP contribution in [0.1, 0.15) is 27.9 Å². The molecular weight excluding hydrogens is 451 g/mol. The van der Waals surface area contributed by atoms with Crippen molar-refractivity contribution in [2.75, 3.05) is 5.32 Å². The van der Waals surface area contributed by atoms with Gasteiger partial charge < -0.3 is 10.6 Å². The molecule has 178 valence electrons. The van der Waals surface area contributed by atoms with Gasteiger partial charge in [-0.25, -0.2) is 4.79 Å². The number of hydrogen-bond acceptors (Lipinski definition) is 2. The lowest BCUT2D eigenvalue weighted by Gasteiger charge is -2.35. The number of pyridine rings is 1. The van der Waals surface area contributed by atoms with E-state index in [0.29, 0.717) is 11.4 Å². The third-order valence-electron chi connectivity index (χ3n) is 5.70. The minimum absolute atomic E-state index is 0.188. The maximum atomic E-state index is 13.7. The zero-order valence-electron chi connectivity index (χ0n) is 19.0. The molecule has 0 aliphatic rings. The number of alkyl halides is 3. The van der Waals surface area contributed by atoms with Crippen molar-refractivity contribution in [3.8, 4) is 0 Å². The van der Waals surface area contributed by atoms with Gasteiger partial charge in [0.2, 0.25) is 0 Å². The smallest absolute Gasteiger partial charge is 0.322 e. The lowest BCUT2D eigenvalue weighted by molar-refractivity contribution is -0.137. The summed E-state index contributed by atoms with van der Waals surface area (Å²) in [5.74, 6) is 0. The predicted molar refractivity (Wildman–Crippen MR) is 130 cm³/mol. The van der Waals surface area contributed by atoms with Crippen molar-refractivity contribution in [1.82, 2.24) is 10.3 Å². The number of carbonyl (C=O) groups excluding carboxylic acids is 1. The maximum Gasteiger partial charge on any atom is 0.416 e. The minimum atomic E-state index is -4.54. The average Bonchev–Trinajstić information content (AvgIpc) is 2.84. The van der Waals surface area contributed by atoms with E-state index in [1.54, 1.807) is 36.5 Å². The fourth-order valence-electron chi connectivity index (χ4n) is 4.08. The van der Waals surface area contributed by atoms with Crippen molar-refractivity contribution in [3.63, 3.8) is 0 Å². The molecule has 0 saturated heterocycles. The van der Waals surface area contributed by atoms with Crippen LogP contribution >= 0.6 is 0 Å². The van der Waals surface area contributed by atoms with Crippen LogP contribution in [-0.2, 0) is 18.1 Å². The van der Waals surface area contributed by atoms with E-state index in [9.17, 15) is 18.0 Å². The molecule has 0 saturated carbocycles. The first-order valence-electron chi connectivity index (χ1n) is 11.1. The summed E-state index contributed by atoms with van der Waals surface area (Å²) in [6.07, 6.45) is -2.79. The van der Waals surface area contributed by atoms with Gasteiger partial charge in [0, 0.05) is 18.3 Å². The van der Waals surface area contributed by atoms with Gasteiger partial charge in [-0.3, -0.25) is 4.98 Å². The van der Waals surface area contributed by atoms with E-state index in [1.807, 2.05) is 55.5 Å². The summed E-state index contributed by atoms with van der Waals surface area (Å²) in [7, 11) is 0. The Kier molecular flexibility index (Phi) is 6.87. The van der Waals surface area contributed by atoms with Gasteiger partial charge in [0.1, 0.15) is 5.54 Å². The highest BCUT2D eigenvalue weighted by atomic mass is 19.4. The van der Waals surface area contributed by atoms with E-state index in [0.717, 1.165) is 23.3 Å². The van der Waals surface area contributed by atoms with Crippen LogP contribution in [0.15, 0.2) is 103 Å². The highest BCUT2D eigenvalue weighted by Gasteiger charge is 2.40. The van der Waals surface area contributed by atoms with Crippen molar-refractivity contribution < 1.29 is 18.0 Å². The summed E-state index contributed by atoms with van der Waals surface area (Å²) in [4.78, 5) is 17.8. The topological polar surface area (TPSA) is 54.0 Å². The van der Waals surface area contributed by atoms with Crippen molar-refractivity contribution >= 4 is 11.7 Å². The fraction of sp³-hybridized carbons (Fsp3) is 0.143. The summed E-state index contributed by atoms with van der Waals surface area (Å²) < 4.78 is 41.0. The highest BCUT2D eigenvalue weighted by Crippen LogP contribution is 2.37. The first kappa shape index (κ1) is 24.0. The Bertz CT molecular complexity index is 1290. The normalized spacial score (nSPS) is 13.0. The monoisotopic (exact) mass is 475 g/mol. The van der Waals surface area contributed by atoms with E-state index in [1.165, 1.54) is 6.07 Å². The first-order chi connectivity index (χ1) is 16.8. The van der Waals surface area contributed by atoms with Gasteiger partial charge in [-0.2, -0.15) is 13.2 Å². The standard InChI is InChI=1S/C28H24F3N3O/c1-20-9-7-14-24(17-20)33-26(35)34-27(25-15-5-6-16-32-25,19-21-10-3-2-4-11-21)22-12-8-13-23(18-22)28(29,30)31/h2-18H,19H2,1H3,(H2,33,34,35). The molecular formula is C28H24F3N3O. The lowest BCUT2D eigenvalue weighted by atomic mass is 9.80. The molecule has 7 heteroatoms. The number of hydrogen-bond donors (Lipinski definition) is 2. The number of urea groups is 1. The molecule has 2 amide bonds. The molecule has 4 nitrogen and oxygen atoms in total. The largest absolute Gasteiger partial charge is 0.416 e. The van der Waals surface area contributed by atoms with Crippen molar-refractivity contribution in [3.05, 3.63) is 131 Å². The molecule has 4 rings (SSSR count). The third-order valence-corrected chi connectivity index (χ3v) is 5.70. The Morgan fingerprint density at radius 1 is 0.829 bits per heavy atom. The van der Waals surface area contributed by atoms with Crippen LogP contribution in [-0.4, -0.2) is 11.0 Å². The zero-order valence-corrected chi connectivity index (χ0v) is 19.0. The van der Waals surface area contributed by atoms with Gasteiger partial charge >= 0.3 is 12.2 Å². The summed E-state index contributed by atoms with van der Waals surface area (Å²) in [5, 5.41) is 5.79. The van der Waals surface area contributed by atoms with Crippen molar-refractivity contribution in [1.29, 1.82) is 0 Å². The first-order valence-corrected chi connectivity index (χ1v) is 11.1. The fourth-order valence-corrected chi connectivity index (χ4v) is 4.08. The number of carbonyl (C=O) groups is 1. The molecule has 0 aliphatic heterocycles. The van der Waals surface area contributed by atoms with E-state index >= 15 is 0 Å². The molecule has 0 fully saturated rings. The van der Waals surface area contributed by atoms with Crippen LogP contribution in [0.5, 0.6) is 0 Å². The Morgan fingerprint density at radius 3 is 2.23 bits per heavy atom. The number of aromatic nitrogens is 1. The number of rotatable bonds is 6. The summed E-state index contributed by atoms with van der Waals surface area (Å²) in [6, 6.07) is 26.2. The zero-order chi connectivity index (χ0) is 24.9. The van der Waals surface area contributed by atoms with Crippen LogP contribution in [0.3, 0.4) is 0 Å². The molecule has 1 aromatic heterocycles. The molecule has 1 atom stereocenters. The van der Waals surface area contributed by atoms with Gasteiger partial charge in [-0.1, -0.05) is 60.7 Å². The maximum absolute atomic E-state index is 13.7. The quantitative estimate of drug-likeness (QED) is 0.325. The number of nitrogens with one attached hydrogen (secondary N) is 2. The second-order valence-corrected chi connectivity index (χ2v) is 8.31. The molecule has 3 aromatic carbocycles. The van der Waals surface area contributed by atoms with Gasteiger partial charge in [-0.15, -0.1) is 0 Å². The number of anilines is 1. The van der Waals surface area contributed by atoms with Crippen molar-refractivity contribution in [2.45, 2.75) is 25.1 Å². The molecule has 35 heavy (non-hydrogen) atoms. The molecule has 0 radical (unpaired) electrons. The Balaban J connectivity index is 1.85. The van der Waals surface area contributed by atoms with Crippen LogP contribution in [0, 0.1) is 6.92 Å². The molecule has 0 aliphatic carbocycles. The summed E-state index contributed by atoms with van der Waals surface area (Å²) >= 11 is 0. The Hall–Kier alpha value is -4.13. The summed E-state index contributed by atoms with van der Waals surface area (Å²) in [5.41, 5.74) is 0.868. The highest BCUT2D eigenvalue weighted by molar-refractivity contribution is 5.90. The predicted octanol–water partition coefficient (Wildman–Crippen LogP) is 6.72. The molecule has 4 aromatic rings. The van der Waals surface area contributed by atoms with Gasteiger partial charge in [0.25, 0.3) is 0 Å². The SMILES string of the molecule is Cc1cccc(NC(=O)NC(Cc2ccccc2)(c2cccc(C(F)(F)F)c2)c2ccccn2)c1. The third kappa shape index (κ3) is 5.69. The molecule has 0 bridgehead atoms. The molecule has 2 N–H and O–H groups in total. The second-order valence-electron chi connectivity index (χ2n) is 8.31. The summed E-state index contributed by atoms with van der Waals surface area (Å²) in [6.45, 7) is 1.90. The average molecular weight is 476 g/mol. The van der Waals surface area contributed by atoms with Crippen LogP contribution in [0.2, 0.25) is 0 Å². The van der Waals surface area contributed by atoms with Crippen LogP contribution in [0.4, 0.5) is 23.7 Å². The Morgan fingerprint density at radius 2 is 1.54 bits per heavy atom. The van der Waals surface area contributed by atoms with Gasteiger partial charge in [0.15, 0.2) is 0 Å². The minimum Gasteiger partial charge on any atom is -0.322 e. The van der Waals surface area contributed by atoms with E-state index in [2.05, 4.69) is 15.6 Å². The number of benzene rings is 3. The van der Waals surface area contributed by atoms with E-state index in [-0.39, 0.29) is 12.0 Å². The Labute approximate surface area is 201 Å². The van der Waals surface area contributed by atoms with Crippen molar-refractivity contribution in [2.24, 2.45) is 0 Å². The van der Waals surface area contributed by atoms with Gasteiger partial charge in [0.05, 0.1) is 11.3 Å². The lowest BCUT2D eigenvalue weighted by Crippen LogP contribution is -2.50. The molecule has 1 heterocycles. The van der Waals surface area contributed by atoms with E-state index < -0.39 is 23.3 Å². The van der Waals surface area contributed by atoms with Crippen LogP contribution < -0.4 is 10.6 Å². The van der Waals surface area contributed by atoms with E-state index in [4.69, 9.17) is 0 Å². The number of aryl methyl sites for hydroxylation is 1. The number of halogens is 3. The van der Waals surface area contributed by atoms with Crippen LogP contribution in [0.25, 0.3) is 0 Å². The van der Waals surface area contributed by atoms with Gasteiger partial charge in [-0.05, 0) is 60.0 Å².